The predicted molar refractivity (Wildman–Crippen MR) is 66.9 cm³/mol. The Kier molecular flexibility index (Phi) is 6.49. The molecule has 0 atom stereocenters. The van der Waals surface area contributed by atoms with Crippen molar-refractivity contribution in [3.05, 3.63) is 23.0 Å². The van der Waals surface area contributed by atoms with E-state index >= 15 is 0 Å². The summed E-state index contributed by atoms with van der Waals surface area (Å²) in [6, 6.07) is 1.95. The Labute approximate surface area is 102 Å². The van der Waals surface area contributed by atoms with E-state index < -0.39 is 0 Å². The molecule has 0 saturated carbocycles. The van der Waals surface area contributed by atoms with Crippen LogP contribution in [0.1, 0.15) is 5.69 Å². The number of hydrogen-bond donors (Lipinski definition) is 2. The van der Waals surface area contributed by atoms with Crippen molar-refractivity contribution in [2.75, 3.05) is 40.4 Å². The van der Waals surface area contributed by atoms with Crippen molar-refractivity contribution in [2.24, 2.45) is 0 Å². The third kappa shape index (κ3) is 5.51. The van der Waals surface area contributed by atoms with E-state index in [2.05, 4.69) is 22.2 Å². The first-order chi connectivity index (χ1) is 7.72. The number of methoxy groups -OCH3 is 1. The van der Waals surface area contributed by atoms with E-state index in [4.69, 9.17) is 16.3 Å². The van der Waals surface area contributed by atoms with E-state index in [1.54, 1.807) is 7.11 Å². The van der Waals surface area contributed by atoms with Crippen LogP contribution in [0.3, 0.4) is 0 Å². The average molecular weight is 246 g/mol. The molecule has 0 aliphatic rings. The van der Waals surface area contributed by atoms with Crippen molar-refractivity contribution >= 4 is 11.6 Å². The van der Waals surface area contributed by atoms with Crippen LogP contribution in [0.15, 0.2) is 12.3 Å². The first-order valence-electron chi connectivity index (χ1n) is 5.43. The van der Waals surface area contributed by atoms with Crippen molar-refractivity contribution in [3.8, 4) is 0 Å². The Morgan fingerprint density at radius 2 is 2.31 bits per heavy atom. The maximum absolute atomic E-state index is 5.83. The summed E-state index contributed by atoms with van der Waals surface area (Å²) in [5, 5.41) is 4.07. The molecule has 16 heavy (non-hydrogen) atoms. The molecule has 2 N–H and O–H groups in total. The molecule has 1 aromatic rings. The lowest BCUT2D eigenvalue weighted by Crippen LogP contribution is -2.30. The summed E-state index contributed by atoms with van der Waals surface area (Å²) in [7, 11) is 3.80. The van der Waals surface area contributed by atoms with Gasteiger partial charge in [-0.15, -0.1) is 0 Å². The van der Waals surface area contributed by atoms with E-state index in [9.17, 15) is 0 Å². The number of halogens is 1. The molecular formula is C11H20ClN3O. The Bertz CT molecular complexity index is 291. The number of aromatic nitrogens is 1. The summed E-state index contributed by atoms with van der Waals surface area (Å²) in [5.74, 6) is 0. The second-order valence-corrected chi connectivity index (χ2v) is 4.26. The van der Waals surface area contributed by atoms with Gasteiger partial charge in [-0.3, -0.25) is 4.90 Å². The lowest BCUT2D eigenvalue weighted by molar-refractivity contribution is 0.197. The molecule has 4 nitrogen and oxygen atoms in total. The van der Waals surface area contributed by atoms with Crippen molar-refractivity contribution < 1.29 is 4.74 Å². The number of H-pyrrole nitrogens is 1. The number of ether oxygens (including phenoxy) is 1. The zero-order chi connectivity index (χ0) is 11.8. The fourth-order valence-corrected chi connectivity index (χ4v) is 1.63. The second kappa shape index (κ2) is 7.68. The van der Waals surface area contributed by atoms with Crippen LogP contribution in [0.2, 0.25) is 5.02 Å². The van der Waals surface area contributed by atoms with Crippen molar-refractivity contribution in [3.63, 3.8) is 0 Å². The van der Waals surface area contributed by atoms with Gasteiger partial charge in [0.05, 0.1) is 11.6 Å². The minimum atomic E-state index is 0.760. The van der Waals surface area contributed by atoms with Crippen LogP contribution in [0, 0.1) is 0 Å². The minimum Gasteiger partial charge on any atom is -0.383 e. The van der Waals surface area contributed by atoms with Gasteiger partial charge in [-0.05, 0) is 13.1 Å². The van der Waals surface area contributed by atoms with Gasteiger partial charge < -0.3 is 15.0 Å². The minimum absolute atomic E-state index is 0.760. The van der Waals surface area contributed by atoms with E-state index in [1.165, 1.54) is 0 Å². The Morgan fingerprint density at radius 3 is 2.94 bits per heavy atom. The van der Waals surface area contributed by atoms with Crippen molar-refractivity contribution in [1.82, 2.24) is 15.2 Å². The number of aromatic amines is 1. The van der Waals surface area contributed by atoms with Gasteiger partial charge in [0.25, 0.3) is 0 Å². The standard InChI is InChI=1S/C11H20ClN3O/c1-15(5-3-13-4-6-16-2)9-11-7-10(12)8-14-11/h7-8,13-14H,3-6,9H2,1-2H3. The smallest absolute Gasteiger partial charge is 0.0587 e. The first kappa shape index (κ1) is 13.5. The molecule has 5 heteroatoms. The first-order valence-corrected chi connectivity index (χ1v) is 5.81. The summed E-state index contributed by atoms with van der Waals surface area (Å²) in [6.45, 7) is 4.52. The molecule has 0 aliphatic heterocycles. The molecule has 0 radical (unpaired) electrons. The lowest BCUT2D eigenvalue weighted by Gasteiger charge is -2.15. The van der Waals surface area contributed by atoms with Gasteiger partial charge >= 0.3 is 0 Å². The molecular weight excluding hydrogens is 226 g/mol. The van der Waals surface area contributed by atoms with Gasteiger partial charge in [-0.2, -0.15) is 0 Å². The zero-order valence-corrected chi connectivity index (χ0v) is 10.7. The van der Waals surface area contributed by atoms with Gasteiger partial charge in [0.2, 0.25) is 0 Å². The van der Waals surface area contributed by atoms with Crippen LogP contribution in [-0.2, 0) is 11.3 Å². The van der Waals surface area contributed by atoms with Gasteiger partial charge in [-0.25, -0.2) is 0 Å². The van der Waals surface area contributed by atoms with Crippen LogP contribution in [0.4, 0.5) is 0 Å². The molecule has 1 aromatic heterocycles. The molecule has 0 spiro atoms. The number of nitrogens with one attached hydrogen (secondary N) is 2. The summed E-state index contributed by atoms with van der Waals surface area (Å²) < 4.78 is 4.95. The number of likely N-dealkylation sites (N-methyl/N-ethyl adjacent to an activating group) is 1. The van der Waals surface area contributed by atoms with Gasteiger partial charge in [0.1, 0.15) is 0 Å². The number of hydrogen-bond acceptors (Lipinski definition) is 3. The van der Waals surface area contributed by atoms with E-state index in [-0.39, 0.29) is 0 Å². The fraction of sp³-hybridized carbons (Fsp3) is 0.636. The third-order valence-electron chi connectivity index (χ3n) is 2.30. The highest BCUT2D eigenvalue weighted by Crippen LogP contribution is 2.10. The molecule has 0 saturated heterocycles. The number of rotatable bonds is 8. The fourth-order valence-electron chi connectivity index (χ4n) is 1.44. The molecule has 0 aliphatic carbocycles. The molecule has 92 valence electrons. The van der Waals surface area contributed by atoms with Crippen LogP contribution in [0.25, 0.3) is 0 Å². The SMILES string of the molecule is COCCNCCN(C)Cc1cc(Cl)c[nH]1. The zero-order valence-electron chi connectivity index (χ0n) is 9.92. The van der Waals surface area contributed by atoms with E-state index in [1.807, 2.05) is 12.3 Å². The van der Waals surface area contributed by atoms with Crippen LogP contribution < -0.4 is 5.32 Å². The topological polar surface area (TPSA) is 40.3 Å². The van der Waals surface area contributed by atoms with Crippen molar-refractivity contribution in [2.45, 2.75) is 6.54 Å². The molecule has 0 unspecified atom stereocenters. The molecule has 0 fully saturated rings. The predicted octanol–water partition coefficient (Wildman–Crippen LogP) is 1.34. The summed E-state index contributed by atoms with van der Waals surface area (Å²) >= 11 is 5.83. The summed E-state index contributed by atoms with van der Waals surface area (Å²) in [5.41, 5.74) is 1.14. The van der Waals surface area contributed by atoms with Gasteiger partial charge in [0.15, 0.2) is 0 Å². The Hall–Kier alpha value is -0.550. The largest absolute Gasteiger partial charge is 0.383 e. The van der Waals surface area contributed by atoms with Gasteiger partial charge in [-0.1, -0.05) is 11.6 Å². The van der Waals surface area contributed by atoms with E-state index in [0.29, 0.717) is 0 Å². The molecule has 0 aromatic carbocycles. The highest BCUT2D eigenvalue weighted by Gasteiger charge is 2.01. The van der Waals surface area contributed by atoms with Gasteiger partial charge in [0, 0.05) is 45.2 Å². The maximum atomic E-state index is 5.83. The molecule has 0 bridgehead atoms. The highest BCUT2D eigenvalue weighted by molar-refractivity contribution is 6.30. The Balaban J connectivity index is 2.09. The quantitative estimate of drug-likeness (QED) is 0.679. The molecule has 1 heterocycles. The van der Waals surface area contributed by atoms with Crippen LogP contribution in [0.5, 0.6) is 0 Å². The van der Waals surface area contributed by atoms with E-state index in [0.717, 1.165) is 43.5 Å². The normalized spacial score (nSPS) is 11.2. The maximum Gasteiger partial charge on any atom is 0.0587 e. The van der Waals surface area contributed by atoms with Crippen molar-refractivity contribution in [1.29, 1.82) is 0 Å². The van der Waals surface area contributed by atoms with Crippen LogP contribution >= 0.6 is 11.6 Å². The number of nitrogens with zero attached hydrogens (tertiary/aromatic N) is 1. The second-order valence-electron chi connectivity index (χ2n) is 3.82. The molecule has 0 amide bonds. The summed E-state index contributed by atoms with van der Waals surface area (Å²) in [6.07, 6.45) is 1.81. The lowest BCUT2D eigenvalue weighted by atomic mass is 10.4. The van der Waals surface area contributed by atoms with Crippen LogP contribution in [-0.4, -0.2) is 50.3 Å². The monoisotopic (exact) mass is 245 g/mol. The summed E-state index contributed by atoms with van der Waals surface area (Å²) in [4.78, 5) is 5.37. The highest BCUT2D eigenvalue weighted by atomic mass is 35.5. The third-order valence-corrected chi connectivity index (χ3v) is 2.52. The Morgan fingerprint density at radius 1 is 1.50 bits per heavy atom. The molecule has 1 rings (SSSR count). The average Bonchev–Trinajstić information content (AvgIpc) is 2.63.